The van der Waals surface area contributed by atoms with Gasteiger partial charge in [0.05, 0.1) is 0 Å². The van der Waals surface area contributed by atoms with Crippen LogP contribution in [0.5, 0.6) is 0 Å². The van der Waals surface area contributed by atoms with Gasteiger partial charge in [0, 0.05) is 6.42 Å². The molecule has 2 aliphatic carbocycles. The van der Waals surface area contributed by atoms with E-state index in [9.17, 15) is 0 Å². The predicted octanol–water partition coefficient (Wildman–Crippen LogP) is 3.69. The molecule has 0 aromatic heterocycles. The van der Waals surface area contributed by atoms with E-state index in [0.717, 1.165) is 0 Å². The summed E-state index contributed by atoms with van der Waals surface area (Å²) in [5, 5.41) is 0. The highest BCUT2D eigenvalue weighted by Crippen LogP contribution is 2.31. The van der Waals surface area contributed by atoms with Crippen molar-refractivity contribution in [3.63, 3.8) is 0 Å². The number of fused-ring (bicyclic) bond motifs is 2. The molecule has 71 valence electrons. The molecule has 0 atom stereocenters. The van der Waals surface area contributed by atoms with Gasteiger partial charge < -0.3 is 0 Å². The molecule has 15 heavy (non-hydrogen) atoms. The Balaban J connectivity index is 2.17. The normalized spacial score (nSPS) is 17.3. The van der Waals surface area contributed by atoms with E-state index >= 15 is 0 Å². The van der Waals surface area contributed by atoms with Crippen molar-refractivity contribution >= 4 is 6.08 Å². The van der Waals surface area contributed by atoms with Gasteiger partial charge in [-0.05, 0) is 28.3 Å². The number of allylic oxidation sites excluding steroid dienone is 7. The van der Waals surface area contributed by atoms with Crippen molar-refractivity contribution in [1.29, 1.82) is 0 Å². The van der Waals surface area contributed by atoms with Gasteiger partial charge in [0.15, 0.2) is 0 Å². The molecule has 0 N–H and O–H groups in total. The molecule has 0 saturated carbocycles. The van der Waals surface area contributed by atoms with Crippen LogP contribution >= 0.6 is 0 Å². The lowest BCUT2D eigenvalue weighted by Gasteiger charge is -2.16. The van der Waals surface area contributed by atoms with Crippen molar-refractivity contribution in [2.75, 3.05) is 0 Å². The Morgan fingerprint density at radius 2 is 1.60 bits per heavy atom. The van der Waals surface area contributed by atoms with Crippen LogP contribution in [0.3, 0.4) is 0 Å². The van der Waals surface area contributed by atoms with Crippen molar-refractivity contribution in [1.82, 2.24) is 0 Å². The van der Waals surface area contributed by atoms with E-state index in [1.165, 1.54) is 22.3 Å². The topological polar surface area (TPSA) is 0 Å². The van der Waals surface area contributed by atoms with Gasteiger partial charge in [-0.25, -0.2) is 0 Å². The maximum absolute atomic E-state index is 2.24. The average Bonchev–Trinajstić information content (AvgIpc) is 2.50. The van der Waals surface area contributed by atoms with Crippen LogP contribution in [0.1, 0.15) is 11.1 Å². The van der Waals surface area contributed by atoms with Crippen molar-refractivity contribution in [2.24, 2.45) is 0 Å². The summed E-state index contributed by atoms with van der Waals surface area (Å²) in [5.74, 6) is 0. The Kier molecular flexibility index (Phi) is 1.92. The number of hydrogen-bond acceptors (Lipinski definition) is 0. The fourth-order valence-corrected chi connectivity index (χ4v) is 1.95. The molecule has 1 aromatic carbocycles. The Hall–Kier alpha value is -1.82. The lowest BCUT2D eigenvalue weighted by molar-refractivity contribution is 1.36. The first-order valence-corrected chi connectivity index (χ1v) is 5.14. The minimum absolute atomic E-state index is 1.29. The minimum atomic E-state index is 1.29. The molecule has 0 saturated heterocycles. The van der Waals surface area contributed by atoms with Crippen molar-refractivity contribution in [2.45, 2.75) is 0 Å². The highest BCUT2D eigenvalue weighted by Gasteiger charge is 2.13. The van der Waals surface area contributed by atoms with E-state index in [4.69, 9.17) is 0 Å². The Bertz CT molecular complexity index is 511. The number of rotatable bonds is 0. The van der Waals surface area contributed by atoms with E-state index < -0.39 is 0 Å². The van der Waals surface area contributed by atoms with Crippen molar-refractivity contribution in [3.8, 4) is 0 Å². The molecular weight excluding hydrogens is 180 g/mol. The molecule has 0 bridgehead atoms. The molecule has 3 rings (SSSR count). The van der Waals surface area contributed by atoms with Crippen LogP contribution in [-0.2, 0) is 0 Å². The van der Waals surface area contributed by atoms with Crippen LogP contribution in [0.15, 0.2) is 65.8 Å². The minimum Gasteiger partial charge on any atom is -0.0622 e. The summed E-state index contributed by atoms with van der Waals surface area (Å²) in [6, 6.07) is 8.47. The zero-order valence-electron chi connectivity index (χ0n) is 8.35. The maximum Gasteiger partial charge on any atom is 0.0211 e. The van der Waals surface area contributed by atoms with E-state index in [0.29, 0.717) is 0 Å². The van der Waals surface area contributed by atoms with Gasteiger partial charge in [0.25, 0.3) is 0 Å². The molecule has 0 amide bonds. The van der Waals surface area contributed by atoms with E-state index in [1.807, 2.05) is 0 Å². The fraction of sp³-hybridized carbons (Fsp3) is 0. The third kappa shape index (κ3) is 1.48. The zero-order valence-corrected chi connectivity index (χ0v) is 8.35. The fourth-order valence-electron chi connectivity index (χ4n) is 1.95. The van der Waals surface area contributed by atoms with E-state index in [2.05, 4.69) is 67.1 Å². The second-order valence-corrected chi connectivity index (χ2v) is 3.74. The molecule has 0 heteroatoms. The van der Waals surface area contributed by atoms with Gasteiger partial charge in [-0.2, -0.15) is 0 Å². The predicted molar refractivity (Wildman–Crippen MR) is 64.2 cm³/mol. The molecule has 0 aliphatic heterocycles. The third-order valence-electron chi connectivity index (χ3n) is 2.73. The second kappa shape index (κ2) is 3.39. The molecule has 1 radical (unpaired) electrons. The summed E-state index contributed by atoms with van der Waals surface area (Å²) in [6.07, 6.45) is 15.0. The van der Waals surface area contributed by atoms with Crippen LogP contribution in [0.4, 0.5) is 0 Å². The lowest BCUT2D eigenvalue weighted by atomic mass is 9.88. The third-order valence-corrected chi connectivity index (χ3v) is 2.73. The van der Waals surface area contributed by atoms with Gasteiger partial charge in [-0.1, -0.05) is 54.6 Å². The Labute approximate surface area is 89.9 Å². The van der Waals surface area contributed by atoms with Crippen LogP contribution in [0.25, 0.3) is 6.08 Å². The average molecular weight is 191 g/mol. The first-order valence-electron chi connectivity index (χ1n) is 5.14. The molecule has 0 nitrogen and oxygen atoms in total. The van der Waals surface area contributed by atoms with Gasteiger partial charge in [0.1, 0.15) is 0 Å². The van der Waals surface area contributed by atoms with Crippen molar-refractivity contribution < 1.29 is 0 Å². The van der Waals surface area contributed by atoms with Crippen LogP contribution < -0.4 is 0 Å². The van der Waals surface area contributed by atoms with Crippen LogP contribution in [0, 0.1) is 6.42 Å². The highest BCUT2D eigenvalue weighted by atomic mass is 14.2. The summed E-state index contributed by atoms with van der Waals surface area (Å²) in [7, 11) is 0. The monoisotopic (exact) mass is 191 g/mol. The van der Waals surface area contributed by atoms with Crippen molar-refractivity contribution in [3.05, 3.63) is 83.3 Å². The smallest absolute Gasteiger partial charge is 0.0211 e. The van der Waals surface area contributed by atoms with Gasteiger partial charge in [-0.3, -0.25) is 0 Å². The maximum atomic E-state index is 2.24. The first-order chi connectivity index (χ1) is 7.43. The summed E-state index contributed by atoms with van der Waals surface area (Å²) < 4.78 is 0. The summed E-state index contributed by atoms with van der Waals surface area (Å²) in [4.78, 5) is 0. The summed E-state index contributed by atoms with van der Waals surface area (Å²) in [6.45, 7) is 0. The molecular formula is C15H11. The van der Waals surface area contributed by atoms with Gasteiger partial charge >= 0.3 is 0 Å². The van der Waals surface area contributed by atoms with Crippen LogP contribution in [-0.4, -0.2) is 0 Å². The highest BCUT2D eigenvalue weighted by molar-refractivity contribution is 5.74. The van der Waals surface area contributed by atoms with Gasteiger partial charge in [0.2, 0.25) is 0 Å². The van der Waals surface area contributed by atoms with E-state index in [1.54, 1.807) is 0 Å². The molecule has 0 fully saturated rings. The first kappa shape index (κ1) is 8.49. The molecule has 0 spiro atoms. The van der Waals surface area contributed by atoms with Crippen LogP contribution in [0.2, 0.25) is 0 Å². The molecule has 1 aromatic rings. The summed E-state index contributed by atoms with van der Waals surface area (Å²) in [5.41, 5.74) is 5.18. The Morgan fingerprint density at radius 3 is 2.53 bits per heavy atom. The largest absolute Gasteiger partial charge is 0.0622 e. The molecule has 2 aliphatic rings. The molecule has 0 heterocycles. The quantitative estimate of drug-likeness (QED) is 0.586. The van der Waals surface area contributed by atoms with E-state index in [-0.39, 0.29) is 0 Å². The second-order valence-electron chi connectivity index (χ2n) is 3.74. The SMILES string of the molecule is [CH]1C2=CC=CC=CC2=Cc2ccccc21. The number of hydrogen-bond donors (Lipinski definition) is 0. The molecule has 0 unspecified atom stereocenters. The standard InChI is InChI=1S/C15H11/c1-2-6-12-10-14-8-4-5-9-15(14)11-13(12)7-3-1/h1-11H. The van der Waals surface area contributed by atoms with Gasteiger partial charge in [-0.15, -0.1) is 0 Å². The zero-order chi connectivity index (χ0) is 10.1. The number of benzene rings is 1. The lowest BCUT2D eigenvalue weighted by Crippen LogP contribution is -1.98. The summed E-state index contributed by atoms with van der Waals surface area (Å²) >= 11 is 0. The Morgan fingerprint density at radius 1 is 0.733 bits per heavy atom.